The predicted molar refractivity (Wildman–Crippen MR) is 79.6 cm³/mol. The van der Waals surface area contributed by atoms with Gasteiger partial charge in [0, 0.05) is 24.0 Å². The number of aromatic nitrogens is 3. The van der Waals surface area contributed by atoms with Crippen molar-refractivity contribution in [3.8, 4) is 11.3 Å². The lowest BCUT2D eigenvalue weighted by atomic mass is 10.1. The van der Waals surface area contributed by atoms with Gasteiger partial charge >= 0.3 is 5.97 Å². The Hall–Kier alpha value is -3.29. The van der Waals surface area contributed by atoms with Crippen LogP contribution in [-0.2, 0) is 9.59 Å². The van der Waals surface area contributed by atoms with Gasteiger partial charge in [-0.25, -0.2) is 9.78 Å². The molecule has 0 aromatic carbocycles. The van der Waals surface area contributed by atoms with Crippen LogP contribution in [0.1, 0.15) is 5.56 Å². The number of nitrogens with zero attached hydrogens (tertiary/aromatic N) is 3. The average molecular weight is 299 g/mol. The number of aliphatic carboxylic acids is 1. The largest absolute Gasteiger partial charge is 0.478 e. The zero-order chi connectivity index (χ0) is 15.9. The molecule has 0 saturated heterocycles. The fraction of sp³-hybridized carbons (Fsp3) is 0.0714. The van der Waals surface area contributed by atoms with E-state index < -0.39 is 11.9 Å². The van der Waals surface area contributed by atoms with Gasteiger partial charge in [0.1, 0.15) is 5.82 Å². The molecule has 0 fully saturated rings. The topological polar surface area (TPSA) is 131 Å². The fourth-order valence-electron chi connectivity index (χ4n) is 1.62. The fourth-order valence-corrected chi connectivity index (χ4v) is 1.62. The number of primary amides is 1. The number of carboxylic acid groups (broad SMARTS) is 1. The summed E-state index contributed by atoms with van der Waals surface area (Å²) in [6.07, 6.45) is 8.58. The molecule has 2 rings (SSSR count). The van der Waals surface area contributed by atoms with Gasteiger partial charge in [-0.3, -0.25) is 14.8 Å². The molecule has 0 aliphatic carbocycles. The SMILES string of the molecule is NC(=O)CNc1cncc(-c2cncc(C=CC(=O)O)c2)n1. The lowest BCUT2D eigenvalue weighted by Crippen LogP contribution is -2.22. The second kappa shape index (κ2) is 6.93. The maximum Gasteiger partial charge on any atom is 0.328 e. The minimum Gasteiger partial charge on any atom is -0.478 e. The minimum absolute atomic E-state index is 0.0439. The van der Waals surface area contributed by atoms with Crippen molar-refractivity contribution in [3.05, 3.63) is 42.5 Å². The Morgan fingerprint density at radius 3 is 2.73 bits per heavy atom. The molecule has 0 radical (unpaired) electrons. The number of pyridine rings is 1. The third-order valence-electron chi connectivity index (χ3n) is 2.55. The molecule has 0 spiro atoms. The first kappa shape index (κ1) is 15.1. The standard InChI is InChI=1S/C14H13N5O3/c15-12(20)7-18-13-8-17-6-11(19-13)10-3-9(4-16-5-10)1-2-14(21)22/h1-6,8H,7H2,(H2,15,20)(H,18,19)(H,21,22). The van der Waals surface area contributed by atoms with Crippen LogP contribution < -0.4 is 11.1 Å². The molecule has 2 heterocycles. The Balaban J connectivity index is 2.24. The molecule has 8 heteroatoms. The molecule has 0 aliphatic heterocycles. The Labute approximate surface area is 125 Å². The molecule has 22 heavy (non-hydrogen) atoms. The first-order valence-electron chi connectivity index (χ1n) is 6.25. The summed E-state index contributed by atoms with van der Waals surface area (Å²) >= 11 is 0. The third kappa shape index (κ3) is 4.37. The van der Waals surface area contributed by atoms with Crippen LogP contribution in [0.2, 0.25) is 0 Å². The van der Waals surface area contributed by atoms with Crippen LogP contribution in [-0.4, -0.2) is 38.5 Å². The van der Waals surface area contributed by atoms with Gasteiger partial charge in [-0.2, -0.15) is 0 Å². The highest BCUT2D eigenvalue weighted by Crippen LogP contribution is 2.18. The van der Waals surface area contributed by atoms with Gasteiger partial charge < -0.3 is 16.2 Å². The van der Waals surface area contributed by atoms with E-state index in [4.69, 9.17) is 10.8 Å². The highest BCUT2D eigenvalue weighted by atomic mass is 16.4. The van der Waals surface area contributed by atoms with Crippen molar-refractivity contribution in [2.24, 2.45) is 5.73 Å². The van der Waals surface area contributed by atoms with Crippen molar-refractivity contribution >= 4 is 23.8 Å². The van der Waals surface area contributed by atoms with E-state index >= 15 is 0 Å². The number of amides is 1. The van der Waals surface area contributed by atoms with E-state index in [0.29, 0.717) is 22.6 Å². The molecule has 1 amide bonds. The van der Waals surface area contributed by atoms with Crippen molar-refractivity contribution in [2.75, 3.05) is 11.9 Å². The van der Waals surface area contributed by atoms with Crippen LogP contribution >= 0.6 is 0 Å². The number of carbonyl (C=O) groups excluding carboxylic acids is 1. The third-order valence-corrected chi connectivity index (χ3v) is 2.55. The Morgan fingerprint density at radius 2 is 2.00 bits per heavy atom. The van der Waals surface area contributed by atoms with Gasteiger partial charge in [-0.05, 0) is 17.7 Å². The minimum atomic E-state index is -1.04. The molecule has 2 aromatic rings. The molecule has 2 aromatic heterocycles. The second-order valence-corrected chi connectivity index (χ2v) is 4.29. The molecular weight excluding hydrogens is 286 g/mol. The quantitative estimate of drug-likeness (QED) is 0.663. The summed E-state index contributed by atoms with van der Waals surface area (Å²) in [4.78, 5) is 33.6. The van der Waals surface area contributed by atoms with Crippen LogP contribution in [0.3, 0.4) is 0 Å². The number of nitrogens with one attached hydrogen (secondary N) is 1. The summed E-state index contributed by atoms with van der Waals surface area (Å²) in [5.74, 6) is -1.14. The van der Waals surface area contributed by atoms with E-state index in [9.17, 15) is 9.59 Å². The van der Waals surface area contributed by atoms with Gasteiger partial charge in [0.25, 0.3) is 0 Å². The van der Waals surface area contributed by atoms with E-state index in [-0.39, 0.29) is 6.54 Å². The lowest BCUT2D eigenvalue weighted by molar-refractivity contribution is -0.131. The van der Waals surface area contributed by atoms with Crippen LogP contribution in [0.15, 0.2) is 36.9 Å². The van der Waals surface area contributed by atoms with E-state index in [1.807, 2.05) is 0 Å². The molecule has 8 nitrogen and oxygen atoms in total. The van der Waals surface area contributed by atoms with Gasteiger partial charge in [0.2, 0.25) is 5.91 Å². The Bertz CT molecular complexity index is 730. The second-order valence-electron chi connectivity index (χ2n) is 4.29. The first-order chi connectivity index (χ1) is 10.5. The molecule has 0 aliphatic rings. The Morgan fingerprint density at radius 1 is 1.23 bits per heavy atom. The van der Waals surface area contributed by atoms with Crippen LogP contribution in [0.25, 0.3) is 17.3 Å². The predicted octanol–water partition coefficient (Wildman–Crippen LogP) is 0.534. The molecular formula is C14H13N5O3. The summed E-state index contributed by atoms with van der Waals surface area (Å²) < 4.78 is 0. The monoisotopic (exact) mass is 299 g/mol. The van der Waals surface area contributed by atoms with Gasteiger partial charge in [0.05, 0.1) is 24.6 Å². The van der Waals surface area contributed by atoms with Crippen molar-refractivity contribution < 1.29 is 14.7 Å². The maximum atomic E-state index is 10.7. The number of nitrogens with two attached hydrogens (primary N) is 1. The molecule has 0 atom stereocenters. The summed E-state index contributed by atoms with van der Waals surface area (Å²) in [5, 5.41) is 11.4. The summed E-state index contributed by atoms with van der Waals surface area (Å²) in [6, 6.07) is 1.73. The summed E-state index contributed by atoms with van der Waals surface area (Å²) in [6.45, 7) is -0.0439. The molecule has 0 saturated carbocycles. The smallest absolute Gasteiger partial charge is 0.328 e. The zero-order valence-electron chi connectivity index (χ0n) is 11.4. The number of carbonyl (C=O) groups is 2. The zero-order valence-corrected chi connectivity index (χ0v) is 11.4. The van der Waals surface area contributed by atoms with Gasteiger partial charge in [0.15, 0.2) is 0 Å². The highest BCUT2D eigenvalue weighted by molar-refractivity contribution is 5.85. The van der Waals surface area contributed by atoms with Crippen molar-refractivity contribution in [2.45, 2.75) is 0 Å². The van der Waals surface area contributed by atoms with E-state index in [0.717, 1.165) is 6.08 Å². The number of hydrogen-bond donors (Lipinski definition) is 3. The first-order valence-corrected chi connectivity index (χ1v) is 6.25. The lowest BCUT2D eigenvalue weighted by Gasteiger charge is -2.05. The average Bonchev–Trinajstić information content (AvgIpc) is 2.51. The molecule has 0 bridgehead atoms. The summed E-state index contributed by atoms with van der Waals surface area (Å²) in [7, 11) is 0. The van der Waals surface area contributed by atoms with E-state index in [1.54, 1.807) is 12.3 Å². The summed E-state index contributed by atoms with van der Waals surface area (Å²) in [5.41, 5.74) is 6.88. The van der Waals surface area contributed by atoms with Gasteiger partial charge in [-0.1, -0.05) is 0 Å². The number of anilines is 1. The maximum absolute atomic E-state index is 10.7. The number of rotatable bonds is 6. The normalized spacial score (nSPS) is 10.5. The highest BCUT2D eigenvalue weighted by Gasteiger charge is 2.04. The van der Waals surface area contributed by atoms with Crippen LogP contribution in [0.4, 0.5) is 5.82 Å². The van der Waals surface area contributed by atoms with Crippen molar-refractivity contribution in [3.63, 3.8) is 0 Å². The number of carboxylic acids is 1. The van der Waals surface area contributed by atoms with E-state index in [1.165, 1.54) is 24.7 Å². The molecule has 0 unspecified atom stereocenters. The number of hydrogen-bond acceptors (Lipinski definition) is 6. The molecule has 112 valence electrons. The van der Waals surface area contributed by atoms with Crippen molar-refractivity contribution in [1.82, 2.24) is 15.0 Å². The van der Waals surface area contributed by atoms with Crippen molar-refractivity contribution in [1.29, 1.82) is 0 Å². The van der Waals surface area contributed by atoms with Crippen LogP contribution in [0.5, 0.6) is 0 Å². The Kier molecular flexibility index (Phi) is 4.76. The van der Waals surface area contributed by atoms with Crippen LogP contribution in [0, 0.1) is 0 Å². The molecule has 4 N–H and O–H groups in total. The van der Waals surface area contributed by atoms with E-state index in [2.05, 4.69) is 20.3 Å². The van der Waals surface area contributed by atoms with Gasteiger partial charge in [-0.15, -0.1) is 0 Å².